The van der Waals surface area contributed by atoms with Crippen LogP contribution < -0.4 is 9.47 Å². The number of hydrogen-bond donors (Lipinski definition) is 1. The van der Waals surface area contributed by atoms with Crippen LogP contribution in [0, 0.1) is 5.41 Å². The first-order chi connectivity index (χ1) is 18.0. The van der Waals surface area contributed by atoms with Crippen LogP contribution in [0.1, 0.15) is 42.9 Å². The Kier molecular flexibility index (Phi) is 6.65. The van der Waals surface area contributed by atoms with Gasteiger partial charge in [-0.25, -0.2) is 0 Å². The van der Waals surface area contributed by atoms with Crippen LogP contribution in [0.2, 0.25) is 0 Å². The van der Waals surface area contributed by atoms with Gasteiger partial charge in [-0.05, 0) is 49.1 Å². The average Bonchev–Trinajstić information content (AvgIpc) is 3.51. The molecule has 1 heterocycles. The number of aliphatic hydroxyl groups is 1. The summed E-state index contributed by atoms with van der Waals surface area (Å²) in [5.74, 6) is -0.905. The minimum atomic E-state index is -1.95. The highest BCUT2D eigenvalue weighted by Gasteiger charge is 2.71. The molecule has 2 aliphatic rings. The lowest BCUT2D eigenvalue weighted by Crippen LogP contribution is -2.53. The van der Waals surface area contributed by atoms with Gasteiger partial charge in [0.15, 0.2) is 16.9 Å². The van der Waals surface area contributed by atoms with Crippen molar-refractivity contribution < 1.29 is 33.6 Å². The quantitative estimate of drug-likeness (QED) is 0.379. The second kappa shape index (κ2) is 9.90. The van der Waals surface area contributed by atoms with Gasteiger partial charge in [-0.3, -0.25) is 9.59 Å². The Morgan fingerprint density at radius 1 is 0.838 bits per heavy atom. The predicted molar refractivity (Wildman–Crippen MR) is 135 cm³/mol. The fourth-order valence-corrected chi connectivity index (χ4v) is 5.99. The van der Waals surface area contributed by atoms with Crippen LogP contribution in [-0.4, -0.2) is 43.2 Å². The Morgan fingerprint density at radius 3 is 1.92 bits per heavy atom. The number of aliphatic hydroxyl groups excluding tert-OH is 1. The van der Waals surface area contributed by atoms with E-state index in [1.165, 1.54) is 0 Å². The van der Waals surface area contributed by atoms with E-state index in [0.717, 1.165) is 16.7 Å². The molecule has 0 bridgehead atoms. The Hall–Kier alpha value is -3.84. The molecule has 0 amide bonds. The van der Waals surface area contributed by atoms with Crippen molar-refractivity contribution in [2.45, 2.75) is 37.7 Å². The van der Waals surface area contributed by atoms with Gasteiger partial charge >= 0.3 is 11.9 Å². The van der Waals surface area contributed by atoms with Crippen LogP contribution in [0.3, 0.4) is 0 Å². The molecule has 2 atom stereocenters. The second-order valence-electron chi connectivity index (χ2n) is 9.29. The lowest BCUT2D eigenvalue weighted by atomic mass is 9.63. The normalized spacial score (nSPS) is 20.8. The Morgan fingerprint density at radius 2 is 1.38 bits per heavy atom. The fourth-order valence-electron chi connectivity index (χ4n) is 5.99. The second-order valence-corrected chi connectivity index (χ2v) is 9.29. The van der Waals surface area contributed by atoms with Crippen molar-refractivity contribution in [1.82, 2.24) is 0 Å². The number of ether oxygens (including phenoxy) is 4. The smallest absolute Gasteiger partial charge is 0.326 e. The minimum absolute atomic E-state index is 0.0186. The van der Waals surface area contributed by atoms with E-state index in [-0.39, 0.29) is 26.4 Å². The largest absolute Gasteiger partial charge is 0.465 e. The van der Waals surface area contributed by atoms with Crippen molar-refractivity contribution in [1.29, 1.82) is 0 Å². The molecule has 1 fully saturated rings. The summed E-state index contributed by atoms with van der Waals surface area (Å²) in [7, 11) is 0. The van der Waals surface area contributed by atoms with E-state index in [1.807, 2.05) is 78.9 Å². The lowest BCUT2D eigenvalue weighted by molar-refractivity contribution is -0.180. The van der Waals surface area contributed by atoms with Crippen LogP contribution in [0.15, 0.2) is 78.9 Å². The molecule has 3 aromatic carbocycles. The maximum absolute atomic E-state index is 13.7. The number of rotatable bonds is 7. The zero-order valence-corrected chi connectivity index (χ0v) is 20.9. The number of carbonyl (C=O) groups excluding carboxylic acids is 2. The molecule has 0 saturated heterocycles. The molecule has 1 aliphatic carbocycles. The van der Waals surface area contributed by atoms with E-state index in [2.05, 4.69) is 0 Å². The molecule has 1 N–H and O–H groups in total. The molecular formula is C30H30O7. The first-order valence-electron chi connectivity index (χ1n) is 12.5. The van der Waals surface area contributed by atoms with Gasteiger partial charge in [0.05, 0.1) is 24.7 Å². The molecule has 192 valence electrons. The summed E-state index contributed by atoms with van der Waals surface area (Å²) < 4.78 is 22.1. The van der Waals surface area contributed by atoms with Crippen molar-refractivity contribution in [3.8, 4) is 11.5 Å². The highest BCUT2D eigenvalue weighted by Crippen LogP contribution is 2.63. The fraction of sp³-hybridized carbons (Fsp3) is 0.333. The molecule has 1 aliphatic heterocycles. The van der Waals surface area contributed by atoms with Crippen LogP contribution >= 0.6 is 0 Å². The number of fused-ring (bicyclic) bond motifs is 1. The summed E-state index contributed by atoms with van der Waals surface area (Å²) in [6.07, 6.45) is -1.51. The molecule has 3 aromatic rings. The van der Waals surface area contributed by atoms with Gasteiger partial charge in [-0.1, -0.05) is 66.7 Å². The zero-order chi connectivity index (χ0) is 26.0. The molecule has 7 nitrogen and oxygen atoms in total. The van der Waals surface area contributed by atoms with Crippen molar-refractivity contribution >= 4 is 11.9 Å². The van der Waals surface area contributed by atoms with Crippen LogP contribution in [0.25, 0.3) is 0 Å². The summed E-state index contributed by atoms with van der Waals surface area (Å²) in [4.78, 5) is 27.4. The molecule has 7 heteroatoms. The molecule has 37 heavy (non-hydrogen) atoms. The summed E-state index contributed by atoms with van der Waals surface area (Å²) in [6.45, 7) is 3.59. The zero-order valence-electron chi connectivity index (χ0n) is 20.9. The number of hydrogen-bond acceptors (Lipinski definition) is 7. The third kappa shape index (κ3) is 3.76. The summed E-state index contributed by atoms with van der Waals surface area (Å²) in [6, 6.07) is 24.6. The highest BCUT2D eigenvalue weighted by molar-refractivity contribution is 6.02. The first-order valence-corrected chi connectivity index (χ1v) is 12.5. The Bertz CT molecular complexity index is 1210. The van der Waals surface area contributed by atoms with Crippen molar-refractivity contribution in [3.63, 3.8) is 0 Å². The Labute approximate surface area is 215 Å². The van der Waals surface area contributed by atoms with Gasteiger partial charge in [0.25, 0.3) is 0 Å². The average molecular weight is 503 g/mol. The summed E-state index contributed by atoms with van der Waals surface area (Å²) in [5, 5.41) is 12.4. The van der Waals surface area contributed by atoms with Crippen LogP contribution in [0.5, 0.6) is 11.5 Å². The lowest BCUT2D eigenvalue weighted by Gasteiger charge is -2.41. The summed E-state index contributed by atoms with van der Waals surface area (Å²) in [5.41, 5.74) is -0.792. The number of esters is 2. The van der Waals surface area contributed by atoms with Gasteiger partial charge in [0.2, 0.25) is 6.79 Å². The van der Waals surface area contributed by atoms with Crippen molar-refractivity contribution in [2.75, 3.05) is 20.0 Å². The van der Waals surface area contributed by atoms with E-state index in [9.17, 15) is 14.7 Å². The van der Waals surface area contributed by atoms with Gasteiger partial charge in [-0.15, -0.1) is 0 Å². The van der Waals surface area contributed by atoms with E-state index in [0.29, 0.717) is 11.5 Å². The standard InChI is InChI=1S/C30H30O7/c1-3-34-27(32)29(28(33)35-4-2)18-23(20-15-16-24-25(17-20)37-19-36-24)30(26(29)31,21-11-7-5-8-12-21)22-13-9-6-10-14-22/h5-17,23,26,31H,3-4,18-19H2,1-2H3/t23-,26-/m0/s1. The van der Waals surface area contributed by atoms with Gasteiger partial charge < -0.3 is 24.1 Å². The van der Waals surface area contributed by atoms with E-state index >= 15 is 0 Å². The molecule has 1 saturated carbocycles. The number of carbonyl (C=O) groups is 2. The monoisotopic (exact) mass is 502 g/mol. The minimum Gasteiger partial charge on any atom is -0.465 e. The molecular weight excluding hydrogens is 472 g/mol. The Balaban J connectivity index is 1.83. The third-order valence-electron chi connectivity index (χ3n) is 7.56. The SMILES string of the molecule is CCOC(=O)C1(C(=O)OCC)C[C@@H](c2ccc3c(c2)OCO3)C(c2ccccc2)(c2ccccc2)[C@H]1O. The molecule has 0 spiro atoms. The molecule has 0 radical (unpaired) electrons. The highest BCUT2D eigenvalue weighted by atomic mass is 16.7. The first kappa shape index (κ1) is 24.8. The molecule has 5 rings (SSSR count). The molecule has 0 unspecified atom stereocenters. The van der Waals surface area contributed by atoms with Gasteiger partial charge in [-0.2, -0.15) is 0 Å². The predicted octanol–water partition coefficient (Wildman–Crippen LogP) is 4.36. The van der Waals surface area contributed by atoms with Crippen LogP contribution in [0.4, 0.5) is 0 Å². The van der Waals surface area contributed by atoms with E-state index in [1.54, 1.807) is 13.8 Å². The summed E-state index contributed by atoms with van der Waals surface area (Å²) >= 11 is 0. The van der Waals surface area contributed by atoms with E-state index < -0.39 is 34.8 Å². The maximum Gasteiger partial charge on any atom is 0.326 e. The van der Waals surface area contributed by atoms with Crippen molar-refractivity contribution in [3.05, 3.63) is 95.6 Å². The van der Waals surface area contributed by atoms with Gasteiger partial charge in [0.1, 0.15) is 0 Å². The topological polar surface area (TPSA) is 91.3 Å². The van der Waals surface area contributed by atoms with Crippen LogP contribution in [-0.2, 0) is 24.5 Å². The van der Waals surface area contributed by atoms with E-state index in [4.69, 9.17) is 18.9 Å². The van der Waals surface area contributed by atoms with Gasteiger partial charge in [0, 0.05) is 5.92 Å². The molecule has 0 aromatic heterocycles. The maximum atomic E-state index is 13.7. The van der Waals surface area contributed by atoms with Crippen molar-refractivity contribution in [2.24, 2.45) is 5.41 Å². The number of benzene rings is 3. The third-order valence-corrected chi connectivity index (χ3v) is 7.56.